The summed E-state index contributed by atoms with van der Waals surface area (Å²) in [6, 6.07) is 18.0. The van der Waals surface area contributed by atoms with Crippen LogP contribution in [0, 0.1) is 5.92 Å². The van der Waals surface area contributed by atoms with Gasteiger partial charge in [-0.25, -0.2) is 4.98 Å². The van der Waals surface area contributed by atoms with E-state index in [1.54, 1.807) is 10.7 Å². The van der Waals surface area contributed by atoms with Crippen LogP contribution < -0.4 is 10.6 Å². The van der Waals surface area contributed by atoms with Gasteiger partial charge in [0.2, 0.25) is 5.91 Å². The fourth-order valence-electron chi connectivity index (χ4n) is 4.76. The molecule has 8 heteroatoms. The number of carbonyl (C=O) groups is 1. The monoisotopic (exact) mass is 565 g/mol. The molecule has 186 valence electrons. The first-order chi connectivity index (χ1) is 17.6. The summed E-state index contributed by atoms with van der Waals surface area (Å²) >= 11 is 9.98. The summed E-state index contributed by atoms with van der Waals surface area (Å²) in [6.45, 7) is 1.18. The first-order valence-corrected chi connectivity index (χ1v) is 13.6. The molecule has 4 aromatic rings. The third kappa shape index (κ3) is 5.90. The molecule has 0 atom stereocenters. The molecule has 36 heavy (non-hydrogen) atoms. The van der Waals surface area contributed by atoms with Crippen LogP contribution in [0.5, 0.6) is 0 Å². The number of halogens is 2. The highest BCUT2D eigenvalue weighted by molar-refractivity contribution is 9.10. The van der Waals surface area contributed by atoms with Gasteiger partial charge in [0.25, 0.3) is 0 Å². The SMILES string of the molecule is O=C(CC1CCCCC1)NCc1ccc(CNc2cc(-c3ccccc3Cl)nc3c(Br)cnn23)cc1. The molecule has 1 amide bonds. The zero-order chi connectivity index (χ0) is 24.9. The highest BCUT2D eigenvalue weighted by atomic mass is 79.9. The molecule has 2 heterocycles. The fourth-order valence-corrected chi connectivity index (χ4v) is 5.34. The van der Waals surface area contributed by atoms with Crippen molar-refractivity contribution in [3.05, 3.63) is 81.4 Å². The summed E-state index contributed by atoms with van der Waals surface area (Å²) in [5, 5.41) is 11.7. The summed E-state index contributed by atoms with van der Waals surface area (Å²) in [4.78, 5) is 17.1. The predicted octanol–water partition coefficient (Wildman–Crippen LogP) is 7.01. The Morgan fingerprint density at radius 1 is 1.03 bits per heavy atom. The molecule has 5 rings (SSSR count). The highest BCUT2D eigenvalue weighted by Crippen LogP contribution is 2.30. The Morgan fingerprint density at radius 2 is 1.75 bits per heavy atom. The molecule has 1 aliphatic carbocycles. The van der Waals surface area contributed by atoms with Crippen molar-refractivity contribution < 1.29 is 4.79 Å². The lowest BCUT2D eigenvalue weighted by atomic mass is 9.87. The summed E-state index contributed by atoms with van der Waals surface area (Å²) in [5.74, 6) is 1.54. The Kier molecular flexibility index (Phi) is 7.87. The zero-order valence-electron chi connectivity index (χ0n) is 20.0. The summed E-state index contributed by atoms with van der Waals surface area (Å²) < 4.78 is 2.59. The molecule has 0 radical (unpaired) electrons. The minimum Gasteiger partial charge on any atom is -0.366 e. The van der Waals surface area contributed by atoms with E-state index in [0.717, 1.165) is 32.7 Å². The molecule has 1 aliphatic rings. The van der Waals surface area contributed by atoms with Crippen LogP contribution in [0.25, 0.3) is 16.9 Å². The first kappa shape index (κ1) is 24.8. The minimum absolute atomic E-state index is 0.161. The number of anilines is 1. The second kappa shape index (κ2) is 11.4. The van der Waals surface area contributed by atoms with Gasteiger partial charge in [0, 0.05) is 36.2 Å². The Balaban J connectivity index is 1.23. The van der Waals surface area contributed by atoms with Gasteiger partial charge in [-0.05, 0) is 51.9 Å². The third-order valence-corrected chi connectivity index (χ3v) is 7.65. The van der Waals surface area contributed by atoms with Crippen LogP contribution in [-0.4, -0.2) is 20.5 Å². The lowest BCUT2D eigenvalue weighted by molar-refractivity contribution is -0.122. The van der Waals surface area contributed by atoms with E-state index in [4.69, 9.17) is 16.6 Å². The maximum absolute atomic E-state index is 12.3. The van der Waals surface area contributed by atoms with Gasteiger partial charge in [-0.2, -0.15) is 9.61 Å². The molecule has 0 bridgehead atoms. The number of carbonyl (C=O) groups excluding carboxylic acids is 1. The minimum atomic E-state index is 0.161. The summed E-state index contributed by atoms with van der Waals surface area (Å²) in [6.07, 6.45) is 8.61. The Morgan fingerprint density at radius 3 is 2.50 bits per heavy atom. The molecule has 2 aromatic carbocycles. The van der Waals surface area contributed by atoms with Crippen molar-refractivity contribution in [2.24, 2.45) is 5.92 Å². The molecule has 0 aliphatic heterocycles. The maximum Gasteiger partial charge on any atom is 0.220 e. The highest BCUT2D eigenvalue weighted by Gasteiger charge is 2.17. The maximum atomic E-state index is 12.3. The van der Waals surface area contributed by atoms with Crippen LogP contribution in [0.4, 0.5) is 5.82 Å². The van der Waals surface area contributed by atoms with Gasteiger partial charge in [0.15, 0.2) is 5.65 Å². The Bertz CT molecular complexity index is 1350. The quantitative estimate of drug-likeness (QED) is 0.241. The molecule has 0 saturated heterocycles. The van der Waals surface area contributed by atoms with Gasteiger partial charge in [-0.3, -0.25) is 4.79 Å². The first-order valence-electron chi connectivity index (χ1n) is 12.4. The van der Waals surface area contributed by atoms with Gasteiger partial charge >= 0.3 is 0 Å². The van der Waals surface area contributed by atoms with Crippen molar-refractivity contribution in [3.63, 3.8) is 0 Å². The second-order valence-electron chi connectivity index (χ2n) is 9.39. The van der Waals surface area contributed by atoms with Gasteiger partial charge < -0.3 is 10.6 Å². The zero-order valence-corrected chi connectivity index (χ0v) is 22.4. The molecular weight excluding hydrogens is 538 g/mol. The van der Waals surface area contributed by atoms with E-state index in [2.05, 4.69) is 55.9 Å². The topological polar surface area (TPSA) is 71.3 Å². The average molecular weight is 567 g/mol. The molecule has 0 unspecified atom stereocenters. The van der Waals surface area contributed by atoms with E-state index < -0.39 is 0 Å². The summed E-state index contributed by atoms with van der Waals surface area (Å²) in [7, 11) is 0. The van der Waals surface area contributed by atoms with Crippen LogP contribution in [0.2, 0.25) is 5.02 Å². The van der Waals surface area contributed by atoms with Crippen molar-refractivity contribution in [2.45, 2.75) is 51.6 Å². The predicted molar refractivity (Wildman–Crippen MR) is 148 cm³/mol. The normalized spacial score (nSPS) is 14.2. The largest absolute Gasteiger partial charge is 0.366 e. The number of hydrogen-bond donors (Lipinski definition) is 2. The van der Waals surface area contributed by atoms with E-state index in [1.165, 1.54) is 32.1 Å². The van der Waals surface area contributed by atoms with Crippen molar-refractivity contribution in [1.82, 2.24) is 19.9 Å². The summed E-state index contributed by atoms with van der Waals surface area (Å²) in [5.41, 5.74) is 4.58. The molecule has 0 spiro atoms. The number of nitrogens with zero attached hydrogens (tertiary/aromatic N) is 3. The molecule has 6 nitrogen and oxygen atoms in total. The number of rotatable bonds is 8. The van der Waals surface area contributed by atoms with E-state index in [1.807, 2.05) is 30.3 Å². The van der Waals surface area contributed by atoms with E-state index in [9.17, 15) is 4.79 Å². The van der Waals surface area contributed by atoms with Crippen LogP contribution in [0.3, 0.4) is 0 Å². The van der Waals surface area contributed by atoms with Gasteiger partial charge in [-0.15, -0.1) is 0 Å². The number of aromatic nitrogens is 3. The lowest BCUT2D eigenvalue weighted by Crippen LogP contribution is -2.25. The number of benzene rings is 2. The molecule has 2 aromatic heterocycles. The van der Waals surface area contributed by atoms with Crippen molar-refractivity contribution >= 4 is 44.9 Å². The molecular formula is C28H29BrClN5O. The van der Waals surface area contributed by atoms with Gasteiger partial charge in [-0.1, -0.05) is 73.3 Å². The number of fused-ring (bicyclic) bond motifs is 1. The molecule has 1 saturated carbocycles. The van der Waals surface area contributed by atoms with Crippen LogP contribution in [-0.2, 0) is 17.9 Å². The molecule has 2 N–H and O–H groups in total. The number of nitrogens with one attached hydrogen (secondary N) is 2. The van der Waals surface area contributed by atoms with Gasteiger partial charge in [0.05, 0.1) is 16.4 Å². The van der Waals surface area contributed by atoms with Crippen LogP contribution in [0.15, 0.2) is 65.3 Å². The average Bonchev–Trinajstić information content (AvgIpc) is 3.28. The van der Waals surface area contributed by atoms with Gasteiger partial charge in [0.1, 0.15) is 5.82 Å². The Hall–Kier alpha value is -2.90. The Labute approximate surface area is 224 Å². The smallest absolute Gasteiger partial charge is 0.220 e. The fraction of sp³-hybridized carbons (Fsp3) is 0.321. The van der Waals surface area contributed by atoms with Crippen molar-refractivity contribution in [2.75, 3.05) is 5.32 Å². The number of hydrogen-bond acceptors (Lipinski definition) is 4. The van der Waals surface area contributed by atoms with E-state index in [0.29, 0.717) is 36.1 Å². The van der Waals surface area contributed by atoms with Crippen molar-refractivity contribution in [3.8, 4) is 11.3 Å². The van der Waals surface area contributed by atoms with Crippen LogP contribution in [0.1, 0.15) is 49.7 Å². The number of amides is 1. The molecule has 1 fully saturated rings. The van der Waals surface area contributed by atoms with Crippen LogP contribution >= 0.6 is 27.5 Å². The third-order valence-electron chi connectivity index (χ3n) is 6.76. The second-order valence-corrected chi connectivity index (χ2v) is 10.7. The van der Waals surface area contributed by atoms with Crippen molar-refractivity contribution in [1.29, 1.82) is 0 Å². The van der Waals surface area contributed by atoms with E-state index >= 15 is 0 Å². The lowest BCUT2D eigenvalue weighted by Gasteiger charge is -2.20. The standard InChI is InChI=1S/C28H29BrClN5O/c29-23-18-33-35-26(15-25(34-28(23)35)22-8-4-5-9-24(22)30)31-16-20-10-12-21(13-11-20)17-32-27(36)14-19-6-2-1-3-7-19/h4-5,8-13,15,18-19,31H,1-3,6-7,14,16-17H2,(H,32,36). The van der Waals surface area contributed by atoms with E-state index in [-0.39, 0.29) is 5.91 Å².